The second kappa shape index (κ2) is 10.6. The van der Waals surface area contributed by atoms with Gasteiger partial charge in [0.25, 0.3) is 0 Å². The van der Waals surface area contributed by atoms with Crippen molar-refractivity contribution in [1.82, 2.24) is 4.90 Å². The maximum Gasteiger partial charge on any atom is 0.335 e. The van der Waals surface area contributed by atoms with Crippen molar-refractivity contribution >= 4 is 24.1 Å². The Bertz CT molecular complexity index is 351. The SMILES string of the molecule is CCN(CC)C(C)O.Cl.Nc1ccc(C(=O)O)cc1. The second-order valence-corrected chi connectivity index (χ2v) is 3.78. The topological polar surface area (TPSA) is 86.8 Å². The highest BCUT2D eigenvalue weighted by atomic mass is 35.5. The Kier molecular flexibility index (Phi) is 11.2. The fraction of sp³-hybridized carbons (Fsp3) is 0.462. The maximum atomic E-state index is 10.3. The average Bonchev–Trinajstić information content (AvgIpc) is 2.31. The molecular formula is C13H23ClN2O3. The van der Waals surface area contributed by atoms with Gasteiger partial charge < -0.3 is 15.9 Å². The summed E-state index contributed by atoms with van der Waals surface area (Å²) in [6, 6.07) is 6.06. The van der Waals surface area contributed by atoms with Crippen LogP contribution in [0.1, 0.15) is 31.1 Å². The third-order valence-corrected chi connectivity index (χ3v) is 2.50. The number of aromatic carboxylic acids is 1. The summed E-state index contributed by atoms with van der Waals surface area (Å²) in [5, 5.41) is 17.4. The van der Waals surface area contributed by atoms with Crippen molar-refractivity contribution in [3.8, 4) is 0 Å². The van der Waals surface area contributed by atoms with Crippen molar-refractivity contribution in [2.45, 2.75) is 27.0 Å². The van der Waals surface area contributed by atoms with Gasteiger partial charge in [0.2, 0.25) is 0 Å². The minimum absolute atomic E-state index is 0. The second-order valence-electron chi connectivity index (χ2n) is 3.78. The van der Waals surface area contributed by atoms with E-state index in [4.69, 9.17) is 15.9 Å². The molecule has 0 radical (unpaired) electrons. The zero-order chi connectivity index (χ0) is 14.1. The average molecular weight is 291 g/mol. The van der Waals surface area contributed by atoms with Gasteiger partial charge in [0.15, 0.2) is 0 Å². The molecule has 1 aromatic rings. The van der Waals surface area contributed by atoms with E-state index >= 15 is 0 Å². The molecule has 1 atom stereocenters. The highest BCUT2D eigenvalue weighted by Crippen LogP contribution is 2.04. The summed E-state index contributed by atoms with van der Waals surface area (Å²) in [6.45, 7) is 7.71. The van der Waals surface area contributed by atoms with E-state index in [1.165, 1.54) is 12.1 Å². The largest absolute Gasteiger partial charge is 0.478 e. The molecule has 0 aliphatic rings. The Labute approximate surface area is 120 Å². The van der Waals surface area contributed by atoms with Gasteiger partial charge in [-0.15, -0.1) is 12.4 Å². The first-order valence-corrected chi connectivity index (χ1v) is 5.93. The van der Waals surface area contributed by atoms with Crippen LogP contribution in [0.5, 0.6) is 0 Å². The molecule has 0 aromatic heterocycles. The highest BCUT2D eigenvalue weighted by Gasteiger charge is 2.02. The van der Waals surface area contributed by atoms with Crippen LogP contribution in [0.25, 0.3) is 0 Å². The molecule has 1 aromatic carbocycles. The van der Waals surface area contributed by atoms with Crippen molar-refractivity contribution in [3.63, 3.8) is 0 Å². The number of aliphatic hydroxyl groups excluding tert-OH is 1. The van der Waals surface area contributed by atoms with Gasteiger partial charge >= 0.3 is 5.97 Å². The molecule has 0 heterocycles. The van der Waals surface area contributed by atoms with E-state index in [9.17, 15) is 4.79 Å². The van der Waals surface area contributed by atoms with E-state index in [1.54, 1.807) is 19.1 Å². The molecule has 0 fully saturated rings. The molecule has 0 aliphatic heterocycles. The zero-order valence-electron chi connectivity index (χ0n) is 11.5. The van der Waals surface area contributed by atoms with Crippen LogP contribution in [0.15, 0.2) is 24.3 Å². The Morgan fingerprint density at radius 3 is 1.89 bits per heavy atom. The number of aliphatic hydroxyl groups is 1. The first-order chi connectivity index (χ1) is 8.42. The van der Waals surface area contributed by atoms with E-state index in [1.807, 2.05) is 18.7 Å². The molecule has 110 valence electrons. The van der Waals surface area contributed by atoms with E-state index in [2.05, 4.69) is 0 Å². The third-order valence-electron chi connectivity index (χ3n) is 2.50. The number of nitrogen functional groups attached to an aromatic ring is 1. The van der Waals surface area contributed by atoms with Crippen LogP contribution < -0.4 is 5.73 Å². The first kappa shape index (κ1) is 20.0. The molecule has 0 saturated heterocycles. The predicted molar refractivity (Wildman–Crippen MR) is 79.7 cm³/mol. The number of carboxylic acids is 1. The number of anilines is 1. The van der Waals surface area contributed by atoms with Gasteiger partial charge in [0.05, 0.1) is 5.56 Å². The van der Waals surface area contributed by atoms with Crippen LogP contribution in [0.3, 0.4) is 0 Å². The molecule has 6 heteroatoms. The lowest BCUT2D eigenvalue weighted by Crippen LogP contribution is -2.32. The predicted octanol–water partition coefficient (Wildman–Crippen LogP) is 2.06. The van der Waals surface area contributed by atoms with Gasteiger partial charge in [0, 0.05) is 5.69 Å². The molecular weight excluding hydrogens is 268 g/mol. The Morgan fingerprint density at radius 2 is 1.68 bits per heavy atom. The molecule has 5 nitrogen and oxygen atoms in total. The number of rotatable bonds is 4. The highest BCUT2D eigenvalue weighted by molar-refractivity contribution is 5.87. The van der Waals surface area contributed by atoms with Crippen LogP contribution in [0.2, 0.25) is 0 Å². The van der Waals surface area contributed by atoms with E-state index < -0.39 is 5.97 Å². The van der Waals surface area contributed by atoms with Crippen LogP contribution >= 0.6 is 12.4 Å². The number of nitrogens with two attached hydrogens (primary N) is 1. The number of benzene rings is 1. The fourth-order valence-electron chi connectivity index (χ4n) is 1.38. The lowest BCUT2D eigenvalue weighted by Gasteiger charge is -2.20. The Morgan fingerprint density at radius 1 is 1.26 bits per heavy atom. The molecule has 0 bridgehead atoms. The fourth-order valence-corrected chi connectivity index (χ4v) is 1.38. The minimum Gasteiger partial charge on any atom is -0.478 e. The van der Waals surface area contributed by atoms with E-state index in [0.717, 1.165) is 13.1 Å². The van der Waals surface area contributed by atoms with Crippen LogP contribution in [-0.2, 0) is 0 Å². The Hall–Kier alpha value is -1.30. The lowest BCUT2D eigenvalue weighted by atomic mass is 10.2. The number of halogens is 1. The number of hydrogen-bond acceptors (Lipinski definition) is 4. The van der Waals surface area contributed by atoms with Crippen molar-refractivity contribution in [2.24, 2.45) is 0 Å². The molecule has 4 N–H and O–H groups in total. The zero-order valence-corrected chi connectivity index (χ0v) is 12.4. The molecule has 0 saturated carbocycles. The normalized spacial score (nSPS) is 11.0. The number of hydrogen-bond donors (Lipinski definition) is 3. The van der Waals surface area contributed by atoms with Crippen LogP contribution in [0.4, 0.5) is 5.69 Å². The summed E-state index contributed by atoms with van der Waals surface area (Å²) in [5.74, 6) is -0.931. The van der Waals surface area contributed by atoms with Gasteiger partial charge in [-0.3, -0.25) is 4.90 Å². The van der Waals surface area contributed by atoms with Crippen molar-refractivity contribution in [2.75, 3.05) is 18.8 Å². The third kappa shape index (κ3) is 8.42. The minimum atomic E-state index is -0.931. The van der Waals surface area contributed by atoms with Gasteiger partial charge in [-0.05, 0) is 44.3 Å². The van der Waals surface area contributed by atoms with Gasteiger partial charge in [0.1, 0.15) is 6.23 Å². The van der Waals surface area contributed by atoms with Crippen molar-refractivity contribution < 1.29 is 15.0 Å². The first-order valence-electron chi connectivity index (χ1n) is 5.93. The number of nitrogens with zero attached hydrogens (tertiary/aromatic N) is 1. The number of carboxylic acid groups (broad SMARTS) is 1. The standard InChI is InChI=1S/C7H7NO2.C6H15NO.ClH/c8-6-3-1-5(2-4-6)7(9)10;1-4-7(5-2)6(3)8;/h1-4H,8H2,(H,9,10);6,8H,4-5H2,1-3H3;1H. The lowest BCUT2D eigenvalue weighted by molar-refractivity contribution is 0.0265. The van der Waals surface area contributed by atoms with Crippen LogP contribution in [0, 0.1) is 0 Å². The van der Waals surface area contributed by atoms with Gasteiger partial charge in [-0.25, -0.2) is 4.79 Å². The molecule has 1 unspecified atom stereocenters. The summed E-state index contributed by atoms with van der Waals surface area (Å²) >= 11 is 0. The Balaban J connectivity index is 0. The summed E-state index contributed by atoms with van der Waals surface area (Å²) in [6.07, 6.45) is -0.287. The molecule has 19 heavy (non-hydrogen) atoms. The van der Waals surface area contributed by atoms with Crippen molar-refractivity contribution in [3.05, 3.63) is 29.8 Å². The molecule has 0 amide bonds. The van der Waals surface area contributed by atoms with E-state index in [-0.39, 0.29) is 24.2 Å². The summed E-state index contributed by atoms with van der Waals surface area (Å²) in [4.78, 5) is 12.2. The smallest absolute Gasteiger partial charge is 0.335 e. The molecule has 0 spiro atoms. The van der Waals surface area contributed by atoms with Gasteiger partial charge in [-0.2, -0.15) is 0 Å². The van der Waals surface area contributed by atoms with Crippen LogP contribution in [-0.4, -0.2) is 40.4 Å². The van der Waals surface area contributed by atoms with Crippen molar-refractivity contribution in [1.29, 1.82) is 0 Å². The molecule has 0 aliphatic carbocycles. The molecule has 1 rings (SSSR count). The maximum absolute atomic E-state index is 10.3. The number of carbonyl (C=O) groups is 1. The van der Waals surface area contributed by atoms with E-state index in [0.29, 0.717) is 5.69 Å². The summed E-state index contributed by atoms with van der Waals surface area (Å²) < 4.78 is 0. The summed E-state index contributed by atoms with van der Waals surface area (Å²) in [5.41, 5.74) is 6.17. The summed E-state index contributed by atoms with van der Waals surface area (Å²) in [7, 11) is 0. The quantitative estimate of drug-likeness (QED) is 0.584. The van der Waals surface area contributed by atoms with Gasteiger partial charge in [-0.1, -0.05) is 13.8 Å². The monoisotopic (exact) mass is 290 g/mol.